The van der Waals surface area contributed by atoms with E-state index in [9.17, 15) is 4.79 Å². The summed E-state index contributed by atoms with van der Waals surface area (Å²) in [6.07, 6.45) is 0. The van der Waals surface area contributed by atoms with Crippen LogP contribution < -0.4 is 15.8 Å². The van der Waals surface area contributed by atoms with Crippen LogP contribution in [0.3, 0.4) is 0 Å². The van der Waals surface area contributed by atoms with E-state index in [4.69, 9.17) is 10.5 Å². The number of nitrogens with zero attached hydrogens (tertiary/aromatic N) is 3. The second-order valence-electron chi connectivity index (χ2n) is 5.64. The number of carbonyl (C=O) groups is 1. The fourth-order valence-corrected chi connectivity index (χ4v) is 2.38. The van der Waals surface area contributed by atoms with E-state index in [1.54, 1.807) is 28.8 Å². The average molecular weight is 337 g/mol. The van der Waals surface area contributed by atoms with Crippen molar-refractivity contribution in [3.05, 3.63) is 59.9 Å². The summed E-state index contributed by atoms with van der Waals surface area (Å²) in [5, 5.41) is 10.7. The maximum absolute atomic E-state index is 11.0. The average Bonchev–Trinajstić information content (AvgIpc) is 2.95. The molecule has 1 heterocycles. The first-order valence-electron chi connectivity index (χ1n) is 7.80. The van der Waals surface area contributed by atoms with Gasteiger partial charge in [0.1, 0.15) is 12.4 Å². The van der Waals surface area contributed by atoms with Crippen molar-refractivity contribution in [3.8, 4) is 11.4 Å². The van der Waals surface area contributed by atoms with E-state index in [0.29, 0.717) is 23.2 Å². The topological polar surface area (TPSA) is 95.1 Å². The first kappa shape index (κ1) is 16.5. The fourth-order valence-electron chi connectivity index (χ4n) is 2.38. The third-order valence-electron chi connectivity index (χ3n) is 3.59. The molecule has 1 amide bonds. The highest BCUT2D eigenvalue weighted by molar-refractivity contribution is 5.88. The summed E-state index contributed by atoms with van der Waals surface area (Å²) in [5.74, 6) is 1.46. The van der Waals surface area contributed by atoms with Crippen LogP contribution in [-0.2, 0) is 11.4 Å². The zero-order chi connectivity index (χ0) is 17.8. The molecule has 7 nitrogen and oxygen atoms in total. The summed E-state index contributed by atoms with van der Waals surface area (Å²) in [7, 11) is 0. The van der Waals surface area contributed by atoms with E-state index in [-0.39, 0.29) is 12.5 Å². The Kier molecular flexibility index (Phi) is 4.65. The third-order valence-corrected chi connectivity index (χ3v) is 3.59. The molecule has 3 aromatic rings. The van der Waals surface area contributed by atoms with E-state index in [0.717, 1.165) is 11.3 Å². The van der Waals surface area contributed by atoms with E-state index in [1.807, 2.05) is 31.2 Å². The quantitative estimate of drug-likeness (QED) is 0.746. The fraction of sp³-hybridized carbons (Fsp3) is 0.167. The first-order chi connectivity index (χ1) is 12.0. The predicted molar refractivity (Wildman–Crippen MR) is 95.6 cm³/mol. The van der Waals surface area contributed by atoms with Gasteiger partial charge in [0.05, 0.1) is 5.69 Å². The lowest BCUT2D eigenvalue weighted by Gasteiger charge is -2.10. The standard InChI is InChI=1S/C18H19N5O2/c1-12-3-7-15(8-4-12)23-17(21-22-18(23)19)11-25-16-9-5-14(6-10-16)20-13(2)24/h3-10H,11H2,1-2H3,(H2,19,22)(H,20,24). The number of hydrogen-bond donors (Lipinski definition) is 2. The highest BCUT2D eigenvalue weighted by atomic mass is 16.5. The van der Waals surface area contributed by atoms with Crippen LogP contribution >= 0.6 is 0 Å². The van der Waals surface area contributed by atoms with Gasteiger partial charge in [0.25, 0.3) is 0 Å². The van der Waals surface area contributed by atoms with Crippen molar-refractivity contribution in [2.75, 3.05) is 11.1 Å². The van der Waals surface area contributed by atoms with Gasteiger partial charge in [-0.05, 0) is 43.3 Å². The van der Waals surface area contributed by atoms with Gasteiger partial charge in [-0.2, -0.15) is 0 Å². The number of hydrogen-bond acceptors (Lipinski definition) is 5. The van der Waals surface area contributed by atoms with E-state index in [1.165, 1.54) is 6.92 Å². The minimum Gasteiger partial charge on any atom is -0.486 e. The van der Waals surface area contributed by atoms with Gasteiger partial charge in [0.2, 0.25) is 11.9 Å². The van der Waals surface area contributed by atoms with Crippen molar-refractivity contribution >= 4 is 17.5 Å². The second-order valence-corrected chi connectivity index (χ2v) is 5.64. The SMILES string of the molecule is CC(=O)Nc1ccc(OCc2nnc(N)n2-c2ccc(C)cc2)cc1. The Balaban J connectivity index is 1.74. The molecule has 1 aromatic heterocycles. The van der Waals surface area contributed by atoms with Crippen molar-refractivity contribution in [2.45, 2.75) is 20.5 Å². The number of ether oxygens (including phenoxy) is 1. The van der Waals surface area contributed by atoms with Crippen LogP contribution in [-0.4, -0.2) is 20.7 Å². The number of aromatic nitrogens is 3. The van der Waals surface area contributed by atoms with Gasteiger partial charge in [0, 0.05) is 12.6 Å². The molecule has 0 radical (unpaired) electrons. The minimum atomic E-state index is -0.115. The van der Waals surface area contributed by atoms with E-state index < -0.39 is 0 Å². The van der Waals surface area contributed by atoms with Crippen molar-refractivity contribution in [2.24, 2.45) is 0 Å². The smallest absolute Gasteiger partial charge is 0.226 e. The number of rotatable bonds is 5. The lowest BCUT2D eigenvalue weighted by Crippen LogP contribution is -2.08. The molecular formula is C18H19N5O2. The van der Waals surface area contributed by atoms with Crippen LogP contribution in [0.2, 0.25) is 0 Å². The molecule has 0 aliphatic carbocycles. The molecule has 0 saturated heterocycles. The number of carbonyl (C=O) groups excluding carboxylic acids is 1. The Labute approximate surface area is 145 Å². The van der Waals surface area contributed by atoms with E-state index in [2.05, 4.69) is 15.5 Å². The van der Waals surface area contributed by atoms with Crippen molar-refractivity contribution in [1.29, 1.82) is 0 Å². The number of amides is 1. The Morgan fingerprint density at radius 3 is 2.44 bits per heavy atom. The van der Waals surface area contributed by atoms with Gasteiger partial charge >= 0.3 is 0 Å². The van der Waals surface area contributed by atoms with Crippen LogP contribution in [0.4, 0.5) is 11.6 Å². The largest absolute Gasteiger partial charge is 0.486 e. The second kappa shape index (κ2) is 7.04. The number of nitrogens with one attached hydrogen (secondary N) is 1. The molecule has 128 valence electrons. The molecule has 3 N–H and O–H groups in total. The van der Waals surface area contributed by atoms with Gasteiger partial charge in [-0.25, -0.2) is 0 Å². The van der Waals surface area contributed by atoms with Crippen molar-refractivity contribution < 1.29 is 9.53 Å². The summed E-state index contributed by atoms with van der Waals surface area (Å²) in [5.41, 5.74) is 8.70. The molecule has 0 unspecified atom stereocenters. The monoisotopic (exact) mass is 337 g/mol. The van der Waals surface area contributed by atoms with E-state index >= 15 is 0 Å². The summed E-state index contributed by atoms with van der Waals surface area (Å²) in [6.45, 7) is 3.71. The number of benzene rings is 2. The molecule has 2 aromatic carbocycles. The lowest BCUT2D eigenvalue weighted by atomic mass is 10.2. The Morgan fingerprint density at radius 1 is 1.12 bits per heavy atom. The van der Waals surface area contributed by atoms with Crippen LogP contribution in [0.1, 0.15) is 18.3 Å². The summed E-state index contributed by atoms with van der Waals surface area (Å²) >= 11 is 0. The molecule has 0 aliphatic rings. The lowest BCUT2D eigenvalue weighted by molar-refractivity contribution is -0.114. The highest BCUT2D eigenvalue weighted by Crippen LogP contribution is 2.19. The number of nitrogen functional groups attached to an aromatic ring is 1. The van der Waals surface area contributed by atoms with Gasteiger partial charge in [-0.15, -0.1) is 10.2 Å². The van der Waals surface area contributed by atoms with Gasteiger partial charge in [-0.3, -0.25) is 9.36 Å². The van der Waals surface area contributed by atoms with Gasteiger partial charge in [0.15, 0.2) is 5.82 Å². The molecule has 0 spiro atoms. The molecule has 0 aliphatic heterocycles. The molecule has 0 fully saturated rings. The maximum atomic E-state index is 11.0. The number of anilines is 2. The zero-order valence-electron chi connectivity index (χ0n) is 14.1. The van der Waals surface area contributed by atoms with Crippen LogP contribution in [0.25, 0.3) is 5.69 Å². The number of aryl methyl sites for hydroxylation is 1. The highest BCUT2D eigenvalue weighted by Gasteiger charge is 2.12. The summed E-state index contributed by atoms with van der Waals surface area (Å²) in [6, 6.07) is 15.0. The Hall–Kier alpha value is -3.35. The van der Waals surface area contributed by atoms with Crippen LogP contribution in [0, 0.1) is 6.92 Å². The van der Waals surface area contributed by atoms with Gasteiger partial charge < -0.3 is 15.8 Å². The Morgan fingerprint density at radius 2 is 1.80 bits per heavy atom. The summed E-state index contributed by atoms with van der Waals surface area (Å²) in [4.78, 5) is 11.0. The third kappa shape index (κ3) is 3.95. The molecule has 0 atom stereocenters. The predicted octanol–water partition coefficient (Wildman–Crippen LogP) is 2.70. The number of nitrogens with two attached hydrogens (primary N) is 1. The van der Waals surface area contributed by atoms with Crippen molar-refractivity contribution in [3.63, 3.8) is 0 Å². The molecular weight excluding hydrogens is 318 g/mol. The molecule has 3 rings (SSSR count). The van der Waals surface area contributed by atoms with Crippen molar-refractivity contribution in [1.82, 2.24) is 14.8 Å². The van der Waals surface area contributed by atoms with Crippen LogP contribution in [0.15, 0.2) is 48.5 Å². The zero-order valence-corrected chi connectivity index (χ0v) is 14.1. The molecule has 7 heteroatoms. The molecule has 0 bridgehead atoms. The normalized spacial score (nSPS) is 10.5. The minimum absolute atomic E-state index is 0.115. The maximum Gasteiger partial charge on any atom is 0.226 e. The molecule has 25 heavy (non-hydrogen) atoms. The van der Waals surface area contributed by atoms with Gasteiger partial charge in [-0.1, -0.05) is 17.7 Å². The molecule has 0 saturated carbocycles. The summed E-state index contributed by atoms with van der Waals surface area (Å²) < 4.78 is 7.51. The Bertz CT molecular complexity index is 869. The first-order valence-corrected chi connectivity index (χ1v) is 7.80. The van der Waals surface area contributed by atoms with Crippen LogP contribution in [0.5, 0.6) is 5.75 Å².